The molecule has 1 atom stereocenters. The van der Waals surface area contributed by atoms with E-state index in [1.807, 2.05) is 6.26 Å². The van der Waals surface area contributed by atoms with E-state index in [1.165, 1.54) is 0 Å². The molecule has 1 heterocycles. The van der Waals surface area contributed by atoms with E-state index in [4.69, 9.17) is 4.74 Å². The van der Waals surface area contributed by atoms with Crippen molar-refractivity contribution in [3.8, 4) is 0 Å². The van der Waals surface area contributed by atoms with Gasteiger partial charge in [0.1, 0.15) is 0 Å². The molecule has 10 heavy (non-hydrogen) atoms. The van der Waals surface area contributed by atoms with Crippen LogP contribution in [0.15, 0.2) is 12.3 Å². The fourth-order valence-electron chi connectivity index (χ4n) is 0.934. The second-order valence-electron chi connectivity index (χ2n) is 4.28. The molecule has 0 aromatic rings. The summed E-state index contributed by atoms with van der Waals surface area (Å²) in [7, 11) is 0. The van der Waals surface area contributed by atoms with Gasteiger partial charge in [0, 0.05) is 5.41 Å². The molecular formula is C9H16O. The van der Waals surface area contributed by atoms with Crippen molar-refractivity contribution in [2.45, 2.75) is 27.7 Å². The molecule has 1 rings (SSSR count). The van der Waals surface area contributed by atoms with E-state index < -0.39 is 0 Å². The average Bonchev–Trinajstić information content (AvgIpc) is 2.13. The first kappa shape index (κ1) is 7.64. The molecule has 1 aliphatic heterocycles. The Morgan fingerprint density at radius 2 is 2.00 bits per heavy atom. The summed E-state index contributed by atoms with van der Waals surface area (Å²) in [6.07, 6.45) is 3.97. The third kappa shape index (κ3) is 1.05. The van der Waals surface area contributed by atoms with Crippen LogP contribution in [0.1, 0.15) is 27.7 Å². The molecule has 0 bridgehead atoms. The lowest BCUT2D eigenvalue weighted by Crippen LogP contribution is -2.32. The highest BCUT2D eigenvalue weighted by molar-refractivity contribution is 5.05. The lowest BCUT2D eigenvalue weighted by Gasteiger charge is -2.35. The summed E-state index contributed by atoms with van der Waals surface area (Å²) in [5.74, 6) is 0. The summed E-state index contributed by atoms with van der Waals surface area (Å²) in [6.45, 7) is 9.79. The van der Waals surface area contributed by atoms with E-state index in [0.29, 0.717) is 5.41 Å². The van der Waals surface area contributed by atoms with Gasteiger partial charge in [0.05, 0.1) is 12.9 Å². The zero-order valence-electron chi connectivity index (χ0n) is 7.27. The van der Waals surface area contributed by atoms with E-state index in [1.54, 1.807) is 0 Å². The highest BCUT2D eigenvalue weighted by atomic mass is 16.5. The van der Waals surface area contributed by atoms with Crippen LogP contribution in [-0.4, -0.2) is 6.61 Å². The molecule has 0 aliphatic carbocycles. The van der Waals surface area contributed by atoms with Gasteiger partial charge in [-0.3, -0.25) is 0 Å². The maximum atomic E-state index is 5.21. The third-order valence-electron chi connectivity index (χ3n) is 2.63. The van der Waals surface area contributed by atoms with Crippen LogP contribution in [0.4, 0.5) is 0 Å². The van der Waals surface area contributed by atoms with Gasteiger partial charge in [-0.05, 0) is 11.5 Å². The Kier molecular flexibility index (Phi) is 1.54. The van der Waals surface area contributed by atoms with E-state index in [-0.39, 0.29) is 5.41 Å². The average molecular weight is 140 g/mol. The van der Waals surface area contributed by atoms with Crippen molar-refractivity contribution in [3.63, 3.8) is 0 Å². The fourth-order valence-corrected chi connectivity index (χ4v) is 0.934. The minimum atomic E-state index is 0.229. The predicted octanol–water partition coefficient (Wildman–Crippen LogP) is 2.58. The number of ether oxygens (including phenoxy) is 1. The molecule has 1 aliphatic rings. The summed E-state index contributed by atoms with van der Waals surface area (Å²) in [5, 5.41) is 0. The van der Waals surface area contributed by atoms with Crippen molar-refractivity contribution in [2.24, 2.45) is 10.8 Å². The van der Waals surface area contributed by atoms with Gasteiger partial charge in [-0.2, -0.15) is 0 Å². The Morgan fingerprint density at radius 3 is 2.20 bits per heavy atom. The molecule has 0 spiro atoms. The number of rotatable bonds is 0. The molecule has 1 heteroatoms. The SMILES string of the molecule is CC(C)(C)C1(C)C=COC1. The van der Waals surface area contributed by atoms with Crippen LogP contribution in [0.5, 0.6) is 0 Å². The molecule has 0 aromatic carbocycles. The Morgan fingerprint density at radius 1 is 1.40 bits per heavy atom. The second-order valence-corrected chi connectivity index (χ2v) is 4.28. The minimum absolute atomic E-state index is 0.229. The van der Waals surface area contributed by atoms with Crippen LogP contribution < -0.4 is 0 Å². The first-order valence-electron chi connectivity index (χ1n) is 3.75. The van der Waals surface area contributed by atoms with Crippen LogP contribution in [-0.2, 0) is 4.74 Å². The first-order chi connectivity index (χ1) is 4.46. The van der Waals surface area contributed by atoms with Gasteiger partial charge in [-0.15, -0.1) is 0 Å². The molecule has 0 radical (unpaired) electrons. The Balaban J connectivity index is 2.78. The molecule has 0 aromatic heterocycles. The monoisotopic (exact) mass is 140 g/mol. The number of hydrogen-bond donors (Lipinski definition) is 0. The summed E-state index contributed by atoms with van der Waals surface area (Å²) >= 11 is 0. The summed E-state index contributed by atoms with van der Waals surface area (Å²) in [4.78, 5) is 0. The van der Waals surface area contributed by atoms with Crippen molar-refractivity contribution in [2.75, 3.05) is 6.61 Å². The topological polar surface area (TPSA) is 9.23 Å². The molecule has 0 N–H and O–H groups in total. The lowest BCUT2D eigenvalue weighted by atomic mass is 9.69. The zero-order valence-corrected chi connectivity index (χ0v) is 7.27. The Labute approximate surface area is 63.1 Å². The van der Waals surface area contributed by atoms with Gasteiger partial charge < -0.3 is 4.74 Å². The molecule has 0 amide bonds. The molecule has 0 fully saturated rings. The van der Waals surface area contributed by atoms with Crippen LogP contribution >= 0.6 is 0 Å². The van der Waals surface area contributed by atoms with Crippen molar-refractivity contribution >= 4 is 0 Å². The quantitative estimate of drug-likeness (QED) is 0.502. The van der Waals surface area contributed by atoms with Gasteiger partial charge in [-0.1, -0.05) is 27.7 Å². The van der Waals surface area contributed by atoms with Crippen LogP contribution in [0, 0.1) is 10.8 Å². The van der Waals surface area contributed by atoms with Crippen molar-refractivity contribution in [3.05, 3.63) is 12.3 Å². The molecule has 58 valence electrons. The molecular weight excluding hydrogens is 124 g/mol. The highest BCUT2D eigenvalue weighted by Crippen LogP contribution is 2.42. The van der Waals surface area contributed by atoms with Crippen LogP contribution in [0.25, 0.3) is 0 Å². The van der Waals surface area contributed by atoms with E-state index in [9.17, 15) is 0 Å². The van der Waals surface area contributed by atoms with Gasteiger partial charge in [0.15, 0.2) is 0 Å². The maximum absolute atomic E-state index is 5.21. The molecule has 0 saturated carbocycles. The Hall–Kier alpha value is -0.460. The van der Waals surface area contributed by atoms with E-state index >= 15 is 0 Å². The highest BCUT2D eigenvalue weighted by Gasteiger charge is 2.38. The zero-order chi connectivity index (χ0) is 7.83. The standard InChI is InChI=1S/C9H16O/c1-8(2,3)9(4)5-6-10-7-9/h5-6H,7H2,1-4H3. The first-order valence-corrected chi connectivity index (χ1v) is 3.75. The molecule has 0 saturated heterocycles. The van der Waals surface area contributed by atoms with Gasteiger partial charge in [0.2, 0.25) is 0 Å². The number of hydrogen-bond acceptors (Lipinski definition) is 1. The predicted molar refractivity (Wildman–Crippen MR) is 42.7 cm³/mol. The van der Waals surface area contributed by atoms with Crippen LogP contribution in [0.3, 0.4) is 0 Å². The maximum Gasteiger partial charge on any atom is 0.0967 e. The summed E-state index contributed by atoms with van der Waals surface area (Å²) < 4.78 is 5.21. The molecule has 1 unspecified atom stereocenters. The van der Waals surface area contributed by atoms with Gasteiger partial charge in [-0.25, -0.2) is 0 Å². The van der Waals surface area contributed by atoms with E-state index in [0.717, 1.165) is 6.61 Å². The van der Waals surface area contributed by atoms with Crippen molar-refractivity contribution in [1.82, 2.24) is 0 Å². The smallest absolute Gasteiger partial charge is 0.0967 e. The largest absolute Gasteiger partial charge is 0.501 e. The fraction of sp³-hybridized carbons (Fsp3) is 0.778. The Bertz CT molecular complexity index is 153. The third-order valence-corrected chi connectivity index (χ3v) is 2.63. The summed E-state index contributed by atoms with van der Waals surface area (Å²) in [6, 6.07) is 0. The van der Waals surface area contributed by atoms with Gasteiger partial charge >= 0.3 is 0 Å². The van der Waals surface area contributed by atoms with Gasteiger partial charge in [0.25, 0.3) is 0 Å². The van der Waals surface area contributed by atoms with Crippen LogP contribution in [0.2, 0.25) is 0 Å². The van der Waals surface area contributed by atoms with E-state index in [2.05, 4.69) is 33.8 Å². The lowest BCUT2D eigenvalue weighted by molar-refractivity contribution is 0.0979. The second kappa shape index (κ2) is 2.01. The normalized spacial score (nSPS) is 32.4. The van der Waals surface area contributed by atoms with Crippen molar-refractivity contribution in [1.29, 1.82) is 0 Å². The molecule has 1 nitrogen and oxygen atoms in total. The minimum Gasteiger partial charge on any atom is -0.501 e. The summed E-state index contributed by atoms with van der Waals surface area (Å²) in [5.41, 5.74) is 0.535. The van der Waals surface area contributed by atoms with Crippen molar-refractivity contribution < 1.29 is 4.74 Å².